The van der Waals surface area contributed by atoms with Gasteiger partial charge in [0.15, 0.2) is 0 Å². The van der Waals surface area contributed by atoms with Gasteiger partial charge in [-0.15, -0.1) is 0 Å². The van der Waals surface area contributed by atoms with Crippen molar-refractivity contribution < 1.29 is 14.3 Å². The number of carbonyl (C=O) groups is 2. The monoisotopic (exact) mass is 334 g/mol. The molecule has 7 nitrogen and oxygen atoms in total. The van der Waals surface area contributed by atoms with E-state index in [1.54, 1.807) is 6.33 Å². The van der Waals surface area contributed by atoms with Gasteiger partial charge in [-0.25, -0.2) is 4.98 Å². The summed E-state index contributed by atoms with van der Waals surface area (Å²) >= 11 is 0. The van der Waals surface area contributed by atoms with Crippen molar-refractivity contribution in [3.8, 4) is 0 Å². The van der Waals surface area contributed by atoms with E-state index >= 15 is 0 Å². The van der Waals surface area contributed by atoms with Crippen LogP contribution in [0.3, 0.4) is 0 Å². The quantitative estimate of drug-likeness (QED) is 0.812. The van der Waals surface area contributed by atoms with Gasteiger partial charge in [-0.2, -0.15) is 0 Å². The number of ether oxygens (including phenoxy) is 1. The maximum absolute atomic E-state index is 12.7. The summed E-state index contributed by atoms with van der Waals surface area (Å²) in [6.45, 7) is 8.02. The van der Waals surface area contributed by atoms with Crippen molar-refractivity contribution in [2.24, 2.45) is 5.92 Å². The highest BCUT2D eigenvalue weighted by atomic mass is 16.5. The van der Waals surface area contributed by atoms with Crippen molar-refractivity contribution in [2.75, 3.05) is 39.4 Å². The van der Waals surface area contributed by atoms with E-state index < -0.39 is 0 Å². The Morgan fingerprint density at radius 2 is 1.96 bits per heavy atom. The summed E-state index contributed by atoms with van der Waals surface area (Å²) in [5.74, 6) is 0.159. The number of piperidine rings is 1. The highest BCUT2D eigenvalue weighted by Crippen LogP contribution is 2.20. The first-order chi connectivity index (χ1) is 11.6. The Balaban J connectivity index is 1.59. The SMILES string of the molecule is Cc1ncn(CC(=O)N2CCC[C@@H](C(=O)N3CCOCC3)C2)c1C. The molecule has 1 aromatic rings. The number of amides is 2. The topological polar surface area (TPSA) is 67.7 Å². The summed E-state index contributed by atoms with van der Waals surface area (Å²) in [6.07, 6.45) is 3.46. The average Bonchev–Trinajstić information content (AvgIpc) is 2.94. The van der Waals surface area contributed by atoms with Crippen molar-refractivity contribution in [2.45, 2.75) is 33.2 Å². The fourth-order valence-corrected chi connectivity index (χ4v) is 3.40. The summed E-state index contributed by atoms with van der Waals surface area (Å²) in [5.41, 5.74) is 1.96. The van der Waals surface area contributed by atoms with Crippen molar-refractivity contribution in [3.63, 3.8) is 0 Å². The molecule has 1 atom stereocenters. The average molecular weight is 334 g/mol. The predicted molar refractivity (Wildman–Crippen MR) is 88.4 cm³/mol. The van der Waals surface area contributed by atoms with E-state index in [0.29, 0.717) is 39.4 Å². The highest BCUT2D eigenvalue weighted by molar-refractivity contribution is 5.81. The standard InChI is InChI=1S/C17H26N4O3/c1-13-14(2)21(12-18-13)11-16(22)20-5-3-4-15(10-20)17(23)19-6-8-24-9-7-19/h12,15H,3-11H2,1-2H3/t15-/m1/s1. The minimum absolute atomic E-state index is 0.0648. The van der Waals surface area contributed by atoms with Crippen LogP contribution in [-0.4, -0.2) is 70.6 Å². The lowest BCUT2D eigenvalue weighted by Crippen LogP contribution is -2.50. The molecule has 2 amide bonds. The van der Waals surface area contributed by atoms with Gasteiger partial charge >= 0.3 is 0 Å². The first kappa shape index (κ1) is 17.0. The third kappa shape index (κ3) is 3.61. The van der Waals surface area contributed by atoms with Gasteiger partial charge in [0.1, 0.15) is 6.54 Å². The zero-order valence-corrected chi connectivity index (χ0v) is 14.5. The van der Waals surface area contributed by atoms with E-state index in [9.17, 15) is 9.59 Å². The maximum Gasteiger partial charge on any atom is 0.242 e. The van der Waals surface area contributed by atoms with Crippen LogP contribution in [-0.2, 0) is 20.9 Å². The molecule has 3 heterocycles. The number of nitrogens with zero attached hydrogens (tertiary/aromatic N) is 4. The summed E-state index contributed by atoms with van der Waals surface area (Å²) in [5, 5.41) is 0. The van der Waals surface area contributed by atoms with Crippen LogP contribution in [0.5, 0.6) is 0 Å². The Hall–Kier alpha value is -1.89. The van der Waals surface area contributed by atoms with Gasteiger partial charge in [-0.05, 0) is 26.7 Å². The minimum Gasteiger partial charge on any atom is -0.378 e. The van der Waals surface area contributed by atoms with Gasteiger partial charge in [-0.3, -0.25) is 9.59 Å². The molecule has 1 aromatic heterocycles. The second-order valence-corrected chi connectivity index (χ2v) is 6.66. The molecular formula is C17H26N4O3. The van der Waals surface area contributed by atoms with Gasteiger partial charge in [0.25, 0.3) is 0 Å². The molecule has 0 bridgehead atoms. The minimum atomic E-state index is -0.0774. The zero-order valence-electron chi connectivity index (χ0n) is 14.5. The molecular weight excluding hydrogens is 308 g/mol. The Kier molecular flexibility index (Phi) is 5.18. The van der Waals surface area contributed by atoms with E-state index in [-0.39, 0.29) is 17.7 Å². The molecule has 0 N–H and O–H groups in total. The second kappa shape index (κ2) is 7.34. The number of aryl methyl sites for hydroxylation is 1. The Bertz CT molecular complexity index is 607. The Labute approximate surface area is 142 Å². The molecule has 0 spiro atoms. The molecule has 0 radical (unpaired) electrons. The van der Waals surface area contributed by atoms with Gasteiger partial charge in [0.05, 0.1) is 31.2 Å². The van der Waals surface area contributed by atoms with Crippen LogP contribution in [0.4, 0.5) is 0 Å². The number of carbonyl (C=O) groups excluding carboxylic acids is 2. The molecule has 2 aliphatic rings. The number of imidazole rings is 1. The van der Waals surface area contributed by atoms with E-state index in [2.05, 4.69) is 4.98 Å². The second-order valence-electron chi connectivity index (χ2n) is 6.66. The number of rotatable bonds is 3. The Morgan fingerprint density at radius 1 is 1.21 bits per heavy atom. The lowest BCUT2D eigenvalue weighted by atomic mass is 9.96. The van der Waals surface area contributed by atoms with Crippen molar-refractivity contribution >= 4 is 11.8 Å². The maximum atomic E-state index is 12.7. The number of hydrogen-bond acceptors (Lipinski definition) is 4. The van der Waals surface area contributed by atoms with Gasteiger partial charge in [-0.1, -0.05) is 0 Å². The molecule has 2 fully saturated rings. The molecule has 0 aromatic carbocycles. The number of morpholine rings is 1. The van der Waals surface area contributed by atoms with Crippen LogP contribution in [0.15, 0.2) is 6.33 Å². The third-order valence-corrected chi connectivity index (χ3v) is 5.10. The molecule has 2 aliphatic heterocycles. The van der Waals surface area contributed by atoms with E-state index in [1.807, 2.05) is 28.2 Å². The summed E-state index contributed by atoms with van der Waals surface area (Å²) < 4.78 is 7.19. The van der Waals surface area contributed by atoms with E-state index in [1.165, 1.54) is 0 Å². The van der Waals surface area contributed by atoms with E-state index in [0.717, 1.165) is 30.8 Å². The fourth-order valence-electron chi connectivity index (χ4n) is 3.40. The van der Waals surface area contributed by atoms with Crippen LogP contribution >= 0.6 is 0 Å². The van der Waals surface area contributed by atoms with Crippen LogP contribution in [0.2, 0.25) is 0 Å². The molecule has 2 saturated heterocycles. The first-order valence-electron chi connectivity index (χ1n) is 8.69. The molecule has 0 aliphatic carbocycles. The van der Waals surface area contributed by atoms with Crippen LogP contribution in [0.1, 0.15) is 24.2 Å². The summed E-state index contributed by atoms with van der Waals surface area (Å²) in [7, 11) is 0. The summed E-state index contributed by atoms with van der Waals surface area (Å²) in [6, 6.07) is 0. The van der Waals surface area contributed by atoms with E-state index in [4.69, 9.17) is 4.74 Å². The number of likely N-dealkylation sites (tertiary alicyclic amines) is 1. The molecule has 3 rings (SSSR count). The highest BCUT2D eigenvalue weighted by Gasteiger charge is 2.31. The molecule has 0 unspecified atom stereocenters. The third-order valence-electron chi connectivity index (χ3n) is 5.10. The fraction of sp³-hybridized carbons (Fsp3) is 0.706. The summed E-state index contributed by atoms with van der Waals surface area (Å²) in [4.78, 5) is 33.2. The number of aromatic nitrogens is 2. The van der Waals surface area contributed by atoms with Crippen molar-refractivity contribution in [3.05, 3.63) is 17.7 Å². The molecule has 24 heavy (non-hydrogen) atoms. The lowest BCUT2D eigenvalue weighted by Gasteiger charge is -2.36. The number of hydrogen-bond donors (Lipinski definition) is 0. The largest absolute Gasteiger partial charge is 0.378 e. The normalized spacial score (nSPS) is 21.8. The van der Waals surface area contributed by atoms with Crippen molar-refractivity contribution in [1.29, 1.82) is 0 Å². The smallest absolute Gasteiger partial charge is 0.242 e. The first-order valence-corrected chi connectivity index (χ1v) is 8.69. The lowest BCUT2D eigenvalue weighted by molar-refractivity contribution is -0.144. The molecule has 0 saturated carbocycles. The Morgan fingerprint density at radius 3 is 2.62 bits per heavy atom. The van der Waals surface area contributed by atoms with Crippen molar-refractivity contribution in [1.82, 2.24) is 19.4 Å². The van der Waals surface area contributed by atoms with Gasteiger partial charge in [0, 0.05) is 31.9 Å². The van der Waals surface area contributed by atoms with Gasteiger partial charge < -0.3 is 19.1 Å². The van der Waals surface area contributed by atoms with Gasteiger partial charge in [0.2, 0.25) is 11.8 Å². The van der Waals surface area contributed by atoms with Crippen LogP contribution < -0.4 is 0 Å². The molecule has 7 heteroatoms. The predicted octanol–water partition coefficient (Wildman–Crippen LogP) is 0.597. The van der Waals surface area contributed by atoms with Crippen LogP contribution in [0.25, 0.3) is 0 Å². The molecule has 132 valence electrons. The van der Waals surface area contributed by atoms with Crippen LogP contribution in [0, 0.1) is 19.8 Å². The zero-order chi connectivity index (χ0) is 17.1.